The number of benzene rings is 8. The van der Waals surface area contributed by atoms with E-state index in [2.05, 4.69) is 133 Å². The van der Waals surface area contributed by atoms with E-state index >= 15 is 0 Å². The fourth-order valence-electron chi connectivity index (χ4n) is 8.29. The molecule has 9 rings (SSSR count). The number of aryl methyl sites for hydroxylation is 2. The van der Waals surface area contributed by atoms with E-state index in [4.69, 9.17) is 20.9 Å². The summed E-state index contributed by atoms with van der Waals surface area (Å²) in [7, 11) is 0. The van der Waals surface area contributed by atoms with E-state index in [-0.39, 0.29) is 0 Å². The summed E-state index contributed by atoms with van der Waals surface area (Å²) in [5.41, 5.74) is 26.6. The van der Waals surface area contributed by atoms with Gasteiger partial charge in [-0.05, 0) is 137 Å². The Morgan fingerprint density at radius 3 is 1.27 bits per heavy atom. The molecule has 56 heavy (non-hydrogen) atoms. The zero-order valence-corrected chi connectivity index (χ0v) is 31.5. The van der Waals surface area contributed by atoms with Gasteiger partial charge in [-0.1, -0.05) is 121 Å². The van der Waals surface area contributed by atoms with Gasteiger partial charge in [0.2, 0.25) is 0 Å². The Morgan fingerprint density at radius 2 is 0.839 bits per heavy atom. The molecule has 0 unspecified atom stereocenters. The fourth-order valence-corrected chi connectivity index (χ4v) is 8.29. The standard InChI is InChI=1S/C52H42N2O2/c1-34-29-42(23-25-48(34)53)55-50-27-21-40(32-44(50)36-13-5-3-6-14-36)52(46-19-11-9-17-38(46)31-39-18-10-12-20-47(39)52)41-22-28-51(45(33-41)37-15-7-4-8-16-37)56-43-24-26-49(54)35(2)30-43/h3-30,32-33H,31,53-54H2,1-2H3. The van der Waals surface area contributed by atoms with Gasteiger partial charge in [-0.3, -0.25) is 0 Å². The lowest BCUT2D eigenvalue weighted by molar-refractivity contribution is 0.483. The molecule has 0 saturated heterocycles. The van der Waals surface area contributed by atoms with Crippen LogP contribution in [0, 0.1) is 13.8 Å². The molecule has 4 heteroatoms. The molecule has 272 valence electrons. The number of ether oxygens (including phenoxy) is 2. The third-order valence-corrected chi connectivity index (χ3v) is 11.2. The summed E-state index contributed by atoms with van der Waals surface area (Å²) >= 11 is 0. The zero-order chi connectivity index (χ0) is 38.2. The van der Waals surface area contributed by atoms with Crippen LogP contribution in [-0.2, 0) is 11.8 Å². The second kappa shape index (κ2) is 14.3. The van der Waals surface area contributed by atoms with E-state index in [1.807, 2.05) is 62.4 Å². The summed E-state index contributed by atoms with van der Waals surface area (Å²) in [6.45, 7) is 4.00. The summed E-state index contributed by atoms with van der Waals surface area (Å²) in [5, 5.41) is 0. The Bertz CT molecular complexity index is 2530. The molecule has 8 aromatic carbocycles. The summed E-state index contributed by atoms with van der Waals surface area (Å²) in [4.78, 5) is 0. The molecule has 0 radical (unpaired) electrons. The number of nitrogen functional groups attached to an aromatic ring is 2. The minimum atomic E-state index is -0.689. The molecule has 0 saturated carbocycles. The number of nitrogens with two attached hydrogens (primary N) is 2. The van der Waals surface area contributed by atoms with E-state index < -0.39 is 5.41 Å². The van der Waals surface area contributed by atoms with E-state index in [0.717, 1.165) is 85.3 Å². The monoisotopic (exact) mass is 726 g/mol. The molecule has 0 aliphatic heterocycles. The maximum atomic E-state index is 6.70. The summed E-state index contributed by atoms with van der Waals surface area (Å²) in [6.07, 6.45) is 0.848. The van der Waals surface area contributed by atoms with Crippen molar-refractivity contribution in [2.45, 2.75) is 25.7 Å². The van der Waals surface area contributed by atoms with Crippen molar-refractivity contribution in [1.29, 1.82) is 0 Å². The molecule has 0 aromatic heterocycles. The van der Waals surface area contributed by atoms with Crippen LogP contribution in [0.2, 0.25) is 0 Å². The second-order valence-corrected chi connectivity index (χ2v) is 14.6. The molecule has 8 aromatic rings. The first-order chi connectivity index (χ1) is 27.4. The van der Waals surface area contributed by atoms with Crippen LogP contribution in [0.15, 0.2) is 182 Å². The summed E-state index contributed by atoms with van der Waals surface area (Å²) < 4.78 is 13.4. The highest BCUT2D eigenvalue weighted by molar-refractivity contribution is 5.78. The third kappa shape index (κ3) is 6.15. The number of anilines is 2. The van der Waals surface area contributed by atoms with Gasteiger partial charge >= 0.3 is 0 Å². The van der Waals surface area contributed by atoms with Gasteiger partial charge in [-0.15, -0.1) is 0 Å². The zero-order valence-electron chi connectivity index (χ0n) is 31.5. The number of rotatable bonds is 8. The first-order valence-corrected chi connectivity index (χ1v) is 19.0. The fraction of sp³-hybridized carbons (Fsp3) is 0.0769. The van der Waals surface area contributed by atoms with Crippen LogP contribution in [0.4, 0.5) is 11.4 Å². The van der Waals surface area contributed by atoms with Crippen LogP contribution in [0.3, 0.4) is 0 Å². The highest BCUT2D eigenvalue weighted by atomic mass is 16.5. The SMILES string of the molecule is Cc1cc(Oc2ccc(C3(c4ccc(Oc5ccc(N)c(C)c5)c(-c5ccccc5)c4)c4ccccc4Cc4ccccc43)cc2-c2ccccc2)ccc1N. The molecule has 0 fully saturated rings. The second-order valence-electron chi connectivity index (χ2n) is 14.6. The number of hydrogen-bond acceptors (Lipinski definition) is 4. The quantitative estimate of drug-likeness (QED) is 0.153. The summed E-state index contributed by atoms with van der Waals surface area (Å²) in [5.74, 6) is 3.02. The predicted octanol–water partition coefficient (Wildman–Crippen LogP) is 12.7. The molecule has 4 N–H and O–H groups in total. The smallest absolute Gasteiger partial charge is 0.135 e. The van der Waals surface area contributed by atoms with Gasteiger partial charge in [-0.2, -0.15) is 0 Å². The van der Waals surface area contributed by atoms with Crippen molar-refractivity contribution < 1.29 is 9.47 Å². The van der Waals surface area contributed by atoms with Crippen LogP contribution in [0.5, 0.6) is 23.0 Å². The molecule has 1 aliphatic rings. The average Bonchev–Trinajstić information content (AvgIpc) is 3.23. The normalized spacial score (nSPS) is 12.7. The maximum absolute atomic E-state index is 6.70. The topological polar surface area (TPSA) is 70.5 Å². The van der Waals surface area contributed by atoms with Gasteiger partial charge in [-0.25, -0.2) is 0 Å². The van der Waals surface area contributed by atoms with Crippen LogP contribution >= 0.6 is 0 Å². The van der Waals surface area contributed by atoms with Crippen molar-refractivity contribution >= 4 is 11.4 Å². The molecule has 0 bridgehead atoms. The average molecular weight is 727 g/mol. The Balaban J connectivity index is 1.32. The third-order valence-electron chi connectivity index (χ3n) is 11.2. The molecular formula is C52H42N2O2. The summed E-state index contributed by atoms with van der Waals surface area (Å²) in [6, 6.07) is 63.9. The van der Waals surface area contributed by atoms with Crippen LogP contribution in [0.25, 0.3) is 22.3 Å². The van der Waals surface area contributed by atoms with Gasteiger partial charge in [0.15, 0.2) is 0 Å². The molecule has 0 heterocycles. The Hall–Kier alpha value is -7.04. The molecular weight excluding hydrogens is 685 g/mol. The minimum absolute atomic E-state index is 0.689. The van der Waals surface area contributed by atoms with Gasteiger partial charge < -0.3 is 20.9 Å². The van der Waals surface area contributed by atoms with Gasteiger partial charge in [0.25, 0.3) is 0 Å². The lowest BCUT2D eigenvalue weighted by Crippen LogP contribution is -2.36. The largest absolute Gasteiger partial charge is 0.457 e. The van der Waals surface area contributed by atoms with Gasteiger partial charge in [0.1, 0.15) is 23.0 Å². The van der Waals surface area contributed by atoms with E-state index in [0.29, 0.717) is 0 Å². The van der Waals surface area contributed by atoms with Crippen molar-refractivity contribution in [2.75, 3.05) is 11.5 Å². The number of hydrogen-bond donors (Lipinski definition) is 2. The van der Waals surface area contributed by atoms with Crippen molar-refractivity contribution in [3.05, 3.63) is 226 Å². The van der Waals surface area contributed by atoms with Crippen molar-refractivity contribution in [3.8, 4) is 45.3 Å². The molecule has 0 atom stereocenters. The van der Waals surface area contributed by atoms with Crippen molar-refractivity contribution in [3.63, 3.8) is 0 Å². The predicted molar refractivity (Wildman–Crippen MR) is 230 cm³/mol. The molecule has 0 amide bonds. The van der Waals surface area contributed by atoms with E-state index in [9.17, 15) is 0 Å². The lowest BCUT2D eigenvalue weighted by atomic mass is 9.59. The van der Waals surface area contributed by atoms with E-state index in [1.165, 1.54) is 22.3 Å². The first-order valence-electron chi connectivity index (χ1n) is 19.0. The van der Waals surface area contributed by atoms with E-state index in [1.54, 1.807) is 0 Å². The first kappa shape index (κ1) is 34.7. The highest BCUT2D eigenvalue weighted by Crippen LogP contribution is 2.53. The van der Waals surface area contributed by atoms with Gasteiger partial charge in [0, 0.05) is 22.5 Å². The maximum Gasteiger partial charge on any atom is 0.135 e. The molecule has 1 aliphatic carbocycles. The Labute approximate surface area is 328 Å². The van der Waals surface area contributed by atoms with Crippen molar-refractivity contribution in [1.82, 2.24) is 0 Å². The molecule has 0 spiro atoms. The van der Waals surface area contributed by atoms with Crippen LogP contribution in [-0.4, -0.2) is 0 Å². The lowest BCUT2D eigenvalue weighted by Gasteiger charge is -2.43. The van der Waals surface area contributed by atoms with Crippen molar-refractivity contribution in [2.24, 2.45) is 0 Å². The Kier molecular flexibility index (Phi) is 8.87. The molecule has 4 nitrogen and oxygen atoms in total. The van der Waals surface area contributed by atoms with Crippen LogP contribution in [0.1, 0.15) is 44.5 Å². The minimum Gasteiger partial charge on any atom is -0.457 e. The van der Waals surface area contributed by atoms with Gasteiger partial charge in [0.05, 0.1) is 5.41 Å². The Morgan fingerprint density at radius 1 is 0.429 bits per heavy atom. The highest BCUT2D eigenvalue weighted by Gasteiger charge is 2.44. The van der Waals surface area contributed by atoms with Crippen LogP contribution < -0.4 is 20.9 Å². The number of fused-ring (bicyclic) bond motifs is 2.